The van der Waals surface area contributed by atoms with Gasteiger partial charge < -0.3 is 23.1 Å². The van der Waals surface area contributed by atoms with Gasteiger partial charge in [0.25, 0.3) is 0 Å². The average Bonchev–Trinajstić information content (AvgIpc) is 3.01. The molecule has 1 rings (SSSR count). The molecule has 0 spiro atoms. The second kappa shape index (κ2) is 21.3. The van der Waals surface area contributed by atoms with E-state index in [0.717, 1.165) is 56.7 Å². The van der Waals surface area contributed by atoms with Crippen molar-refractivity contribution in [2.24, 2.45) is 5.92 Å². The normalized spacial score (nSPS) is 17.0. The van der Waals surface area contributed by atoms with Crippen LogP contribution in [0.15, 0.2) is 42.0 Å². The molecule has 50 heavy (non-hydrogen) atoms. The predicted octanol–water partition coefficient (Wildman–Crippen LogP) is 12.7. The van der Waals surface area contributed by atoms with Crippen molar-refractivity contribution in [3.8, 4) is 0 Å². The zero-order chi connectivity index (χ0) is 38.4. The summed E-state index contributed by atoms with van der Waals surface area (Å²) in [7, 11) is -5.94. The topological polar surface area (TPSA) is 57.2 Å². The minimum absolute atomic E-state index is 0.0308. The molecule has 0 unspecified atom stereocenters. The first-order chi connectivity index (χ1) is 23.1. The van der Waals surface area contributed by atoms with Crippen LogP contribution in [0.3, 0.4) is 0 Å². The van der Waals surface area contributed by atoms with Crippen LogP contribution in [0.4, 0.5) is 0 Å². The van der Waals surface area contributed by atoms with Gasteiger partial charge in [-0.25, -0.2) is 0 Å². The van der Waals surface area contributed by atoms with E-state index >= 15 is 0 Å². The van der Waals surface area contributed by atoms with E-state index in [1.165, 1.54) is 11.1 Å². The zero-order valence-electron chi connectivity index (χ0n) is 35.7. The standard InChI is InChI=1S/C42H82O5Si3/c1-17-25-37(46-50(18-2,19-3)20-4)30-34(5)31-39(43)35(6)40(47-49(15,16)42(10,11)12)32-38(45-48(13,14)41(7,8)9)28-24-29-44-33-36-26-22-21-23-27-36/h21-23,26-27,31,35,37-40,43H,17-20,24-25,28-30,32-33H2,1-16H3/b34-31+/t35-,37-,38-,39-,40+/m1/s1. The molecule has 0 amide bonds. The molecule has 0 fully saturated rings. The van der Waals surface area contributed by atoms with Gasteiger partial charge in [0.05, 0.1) is 18.8 Å². The maximum Gasteiger partial charge on any atom is 0.192 e. The van der Waals surface area contributed by atoms with Gasteiger partial charge in [0.15, 0.2) is 25.0 Å². The molecule has 0 aromatic heterocycles. The van der Waals surface area contributed by atoms with Gasteiger partial charge in [0, 0.05) is 24.7 Å². The molecular weight excluding hydrogens is 669 g/mol. The fourth-order valence-corrected chi connectivity index (χ4v) is 11.9. The Labute approximate surface area is 314 Å². The number of aliphatic hydroxyl groups excluding tert-OH is 1. The van der Waals surface area contributed by atoms with Crippen molar-refractivity contribution in [1.82, 2.24) is 0 Å². The molecule has 0 radical (unpaired) electrons. The Bertz CT molecular complexity index is 1080. The van der Waals surface area contributed by atoms with Crippen molar-refractivity contribution in [3.05, 3.63) is 47.5 Å². The van der Waals surface area contributed by atoms with E-state index in [0.29, 0.717) is 13.2 Å². The van der Waals surface area contributed by atoms with Crippen LogP contribution in [0, 0.1) is 5.92 Å². The van der Waals surface area contributed by atoms with Crippen LogP contribution >= 0.6 is 0 Å². The quantitative estimate of drug-likeness (QED) is 0.0648. The third-order valence-electron chi connectivity index (χ3n) is 12.0. The summed E-state index contributed by atoms with van der Waals surface area (Å²) in [6.07, 6.45) is 7.25. The highest BCUT2D eigenvalue weighted by Gasteiger charge is 2.44. The number of benzene rings is 1. The highest BCUT2D eigenvalue weighted by atomic mass is 28.4. The van der Waals surface area contributed by atoms with Crippen molar-refractivity contribution in [2.75, 3.05) is 6.61 Å². The summed E-state index contributed by atoms with van der Waals surface area (Å²) in [5, 5.41) is 12.0. The molecule has 0 aliphatic heterocycles. The van der Waals surface area contributed by atoms with Gasteiger partial charge in [-0.15, -0.1) is 0 Å². The number of hydrogen-bond acceptors (Lipinski definition) is 5. The van der Waals surface area contributed by atoms with Gasteiger partial charge in [0.2, 0.25) is 0 Å². The van der Waals surface area contributed by atoms with E-state index in [1.54, 1.807) is 0 Å². The maximum atomic E-state index is 11.9. The fraction of sp³-hybridized carbons (Fsp3) is 0.810. The summed E-state index contributed by atoms with van der Waals surface area (Å²) in [6, 6.07) is 13.9. The van der Waals surface area contributed by atoms with E-state index in [2.05, 4.69) is 140 Å². The molecule has 0 bridgehead atoms. The SMILES string of the molecule is CCC[C@H](C/C(C)=C/[C@@H](O)[C@@H](C)[C@H](C[C@@H](CCCOCc1ccccc1)O[Si](C)(C)C(C)(C)C)O[Si](C)(C)C(C)(C)C)O[Si](CC)(CC)CC. The third kappa shape index (κ3) is 15.8. The lowest BCUT2D eigenvalue weighted by molar-refractivity contribution is 0.0142. The molecular formula is C42H82O5Si3. The number of hydrogen-bond donors (Lipinski definition) is 1. The van der Waals surface area contributed by atoms with Crippen LogP contribution in [0.2, 0.25) is 54.4 Å². The molecule has 292 valence electrons. The van der Waals surface area contributed by atoms with E-state index in [9.17, 15) is 5.11 Å². The van der Waals surface area contributed by atoms with Crippen LogP contribution in [0.25, 0.3) is 0 Å². The van der Waals surface area contributed by atoms with Crippen molar-refractivity contribution in [3.63, 3.8) is 0 Å². The summed E-state index contributed by atoms with van der Waals surface area (Å²) in [5.41, 5.74) is 2.41. The fourth-order valence-electron chi connectivity index (χ4n) is 6.15. The van der Waals surface area contributed by atoms with Crippen molar-refractivity contribution < 1.29 is 23.1 Å². The Morgan fingerprint density at radius 2 is 1.32 bits per heavy atom. The van der Waals surface area contributed by atoms with Gasteiger partial charge in [-0.1, -0.05) is 125 Å². The second-order valence-electron chi connectivity index (χ2n) is 18.2. The molecule has 1 N–H and O–H groups in total. The van der Waals surface area contributed by atoms with Crippen molar-refractivity contribution >= 4 is 25.0 Å². The van der Waals surface area contributed by atoms with Crippen molar-refractivity contribution in [2.45, 2.75) is 207 Å². The van der Waals surface area contributed by atoms with E-state index < -0.39 is 31.1 Å². The van der Waals surface area contributed by atoms with Crippen LogP contribution in [0.1, 0.15) is 127 Å². The van der Waals surface area contributed by atoms with Crippen LogP contribution in [-0.4, -0.2) is 61.1 Å². The van der Waals surface area contributed by atoms with Gasteiger partial charge >= 0.3 is 0 Å². The van der Waals surface area contributed by atoms with Crippen LogP contribution in [0.5, 0.6) is 0 Å². The lowest BCUT2D eigenvalue weighted by Gasteiger charge is -2.44. The summed E-state index contributed by atoms with van der Waals surface area (Å²) in [6.45, 7) is 38.0. The molecule has 8 heteroatoms. The summed E-state index contributed by atoms with van der Waals surface area (Å²) < 4.78 is 27.5. The van der Waals surface area contributed by atoms with E-state index in [1.807, 2.05) is 6.07 Å². The summed E-state index contributed by atoms with van der Waals surface area (Å²) in [4.78, 5) is 0. The summed E-state index contributed by atoms with van der Waals surface area (Å²) >= 11 is 0. The highest BCUT2D eigenvalue weighted by molar-refractivity contribution is 6.74. The Hall–Kier alpha value is -0.589. The number of aliphatic hydroxyl groups is 1. The van der Waals surface area contributed by atoms with Crippen molar-refractivity contribution in [1.29, 1.82) is 0 Å². The monoisotopic (exact) mass is 751 g/mol. The largest absolute Gasteiger partial charge is 0.414 e. The first kappa shape index (κ1) is 47.4. The molecule has 5 atom stereocenters. The molecule has 1 aromatic rings. The van der Waals surface area contributed by atoms with Gasteiger partial charge in [-0.2, -0.15) is 0 Å². The third-order valence-corrected chi connectivity index (χ3v) is 25.8. The minimum Gasteiger partial charge on any atom is -0.414 e. The first-order valence-corrected chi connectivity index (χ1v) is 28.4. The van der Waals surface area contributed by atoms with E-state index in [4.69, 9.17) is 18.0 Å². The highest BCUT2D eigenvalue weighted by Crippen LogP contribution is 2.41. The molecule has 5 nitrogen and oxygen atoms in total. The number of ether oxygens (including phenoxy) is 1. The molecule has 0 aliphatic rings. The predicted molar refractivity (Wildman–Crippen MR) is 225 cm³/mol. The Morgan fingerprint density at radius 1 is 0.780 bits per heavy atom. The smallest absolute Gasteiger partial charge is 0.192 e. The minimum atomic E-state index is -2.15. The summed E-state index contributed by atoms with van der Waals surface area (Å²) in [5.74, 6) is -0.0835. The van der Waals surface area contributed by atoms with Gasteiger partial charge in [-0.3, -0.25) is 0 Å². The Balaban J connectivity index is 3.32. The van der Waals surface area contributed by atoms with Gasteiger partial charge in [0.1, 0.15) is 0 Å². The molecule has 0 aliphatic carbocycles. The van der Waals surface area contributed by atoms with E-state index in [-0.39, 0.29) is 34.3 Å². The Kier molecular flexibility index (Phi) is 20.2. The average molecular weight is 751 g/mol. The van der Waals surface area contributed by atoms with Crippen LogP contribution in [-0.2, 0) is 24.6 Å². The second-order valence-corrected chi connectivity index (χ2v) is 32.4. The number of rotatable bonds is 24. The lowest BCUT2D eigenvalue weighted by Crippen LogP contribution is -2.49. The molecule has 1 aromatic carbocycles. The zero-order valence-corrected chi connectivity index (χ0v) is 38.7. The van der Waals surface area contributed by atoms with Gasteiger partial charge in [-0.05, 0) is 99.0 Å². The molecule has 0 saturated carbocycles. The lowest BCUT2D eigenvalue weighted by atomic mass is 9.91. The Morgan fingerprint density at radius 3 is 1.82 bits per heavy atom. The molecule has 0 saturated heterocycles. The first-order valence-electron chi connectivity index (χ1n) is 20.1. The maximum absolute atomic E-state index is 11.9. The van der Waals surface area contributed by atoms with Crippen LogP contribution < -0.4 is 0 Å². The molecule has 0 heterocycles.